The second-order valence-electron chi connectivity index (χ2n) is 17.9. The molecule has 1 aliphatic heterocycles. The van der Waals surface area contributed by atoms with Gasteiger partial charge in [-0.05, 0) is 106 Å². The van der Waals surface area contributed by atoms with Crippen LogP contribution in [0, 0.1) is 13.8 Å². The lowest BCUT2D eigenvalue weighted by Gasteiger charge is -2.32. The first kappa shape index (κ1) is 64.2. The third-order valence-corrected chi connectivity index (χ3v) is 14.4. The number of halogens is 13. The van der Waals surface area contributed by atoms with Crippen molar-refractivity contribution in [2.24, 2.45) is 0 Å². The number of benzene rings is 2. The molecule has 0 spiro atoms. The number of carbonyl (C=O) groups is 2. The molecular formula is C48H46BBrF12N10O6S2. The highest BCUT2D eigenvalue weighted by atomic mass is 79.9. The summed E-state index contributed by atoms with van der Waals surface area (Å²) in [5.41, 5.74) is -8.95. The lowest BCUT2D eigenvalue weighted by atomic mass is 9.79. The first-order valence-corrected chi connectivity index (χ1v) is 24.5. The zero-order chi connectivity index (χ0) is 57.8. The maximum atomic E-state index is 13.0. The van der Waals surface area contributed by atoms with E-state index in [0.717, 1.165) is 69.4 Å². The van der Waals surface area contributed by atoms with Crippen LogP contribution in [0.2, 0.25) is 0 Å². The van der Waals surface area contributed by atoms with E-state index in [0.29, 0.717) is 55.3 Å². The molecule has 16 nitrogen and oxygen atoms in total. The molecule has 1 aliphatic rings. The van der Waals surface area contributed by atoms with Crippen LogP contribution in [0.15, 0.2) is 89.8 Å². The van der Waals surface area contributed by atoms with E-state index >= 15 is 0 Å². The van der Waals surface area contributed by atoms with E-state index in [4.69, 9.17) is 9.31 Å². The number of amides is 2. The van der Waals surface area contributed by atoms with Crippen LogP contribution in [0.4, 0.5) is 62.9 Å². The Bertz CT molecular complexity index is 3430. The number of rotatable bonds is 8. The molecule has 0 saturated carbocycles. The van der Waals surface area contributed by atoms with Gasteiger partial charge in [-0.25, -0.2) is 19.9 Å². The standard InChI is InChI=1S/C20H13F6N5O2S.C16H8BrF6N3O2S.C10H17BN2O2.2CH4/c1-9-12(8-27-31-9)13-6-7-14-16(28-13)34-17(29-14)30-15(32)10-2-4-11(5-3-10)18(33,19(21,22)23)20(24,25)26;17-10-6-5-9-12(25-10)29-13(24-9)26-11(27)7-1-3-8(4-2-7)14(28,15(18,19)20)16(21,22)23;1-7-8(6-12-13-7)11-14-9(2,3)10(4,5)15-11;;/h2-8,33H,1H3,(H,27,31)(H,29,30,32);1-6,28H,(H,24,26,27);6H,1-5H3,(H,12,13);2*1H4. The largest absolute Gasteiger partial charge is 0.498 e. The molecule has 80 heavy (non-hydrogen) atoms. The van der Waals surface area contributed by atoms with Gasteiger partial charge in [-0.15, -0.1) is 0 Å². The minimum atomic E-state index is -6.02. The molecule has 0 radical (unpaired) electrons. The number of thiazole rings is 2. The van der Waals surface area contributed by atoms with E-state index in [9.17, 15) is 72.5 Å². The number of anilines is 2. The quantitative estimate of drug-likeness (QED) is 0.0475. The Morgan fingerprint density at radius 1 is 0.575 bits per heavy atom. The molecule has 32 heteroatoms. The normalized spacial score (nSPS) is 14.5. The molecule has 430 valence electrons. The third kappa shape index (κ3) is 12.8. The number of hydrogen-bond acceptors (Lipinski definition) is 14. The molecule has 1 saturated heterocycles. The summed E-state index contributed by atoms with van der Waals surface area (Å²) in [6.45, 7) is 12.0. The Morgan fingerprint density at radius 3 is 1.34 bits per heavy atom. The lowest BCUT2D eigenvalue weighted by molar-refractivity contribution is -0.376. The third-order valence-electron chi connectivity index (χ3n) is 12.2. The topological polar surface area (TPSA) is 226 Å². The molecular weight excluding hydrogens is 1200 g/mol. The summed E-state index contributed by atoms with van der Waals surface area (Å²) >= 11 is 5.24. The fourth-order valence-corrected chi connectivity index (χ4v) is 9.18. The zero-order valence-electron chi connectivity index (χ0n) is 40.6. The van der Waals surface area contributed by atoms with Crippen LogP contribution in [0.5, 0.6) is 0 Å². The van der Waals surface area contributed by atoms with Crippen LogP contribution in [-0.4, -0.2) is 105 Å². The Morgan fingerprint density at radius 2 is 0.963 bits per heavy atom. The molecule has 9 rings (SSSR count). The SMILES string of the molecule is C.C.Cc1[nH]ncc1-c1ccc2nc(NC(=O)c3ccc(C(O)(C(F)(F)F)C(F)(F)F)cc3)sc2n1.Cc1[nH]ncc1B1OC(C)(C)C(C)(C)O1.O=C(Nc1nc2ccc(Br)nc2s1)c1ccc(C(O)(C(F)(F)F)C(F)(F)F)cc1. The first-order chi connectivity index (χ1) is 36.0. The highest BCUT2D eigenvalue weighted by molar-refractivity contribution is 9.10. The minimum Gasteiger partial charge on any atom is -0.399 e. The number of hydrogen-bond donors (Lipinski definition) is 6. The van der Waals surface area contributed by atoms with Crippen molar-refractivity contribution in [3.05, 3.63) is 123 Å². The highest BCUT2D eigenvalue weighted by Crippen LogP contribution is 2.51. The minimum absolute atomic E-state index is 0. The summed E-state index contributed by atoms with van der Waals surface area (Å²) < 4.78 is 168. The van der Waals surface area contributed by atoms with E-state index in [1.165, 1.54) is 0 Å². The molecule has 6 aromatic heterocycles. The number of aromatic amines is 2. The van der Waals surface area contributed by atoms with Crippen molar-refractivity contribution >= 4 is 94.0 Å². The van der Waals surface area contributed by atoms with Gasteiger partial charge in [0.05, 0.1) is 23.1 Å². The molecule has 7 heterocycles. The summed E-state index contributed by atoms with van der Waals surface area (Å²) in [5, 5.41) is 37.5. The molecule has 0 bridgehead atoms. The number of carbonyl (C=O) groups excluding carboxylic acids is 2. The maximum Gasteiger partial charge on any atom is 0.498 e. The smallest absolute Gasteiger partial charge is 0.399 e. The van der Waals surface area contributed by atoms with Crippen LogP contribution in [0.25, 0.3) is 32.0 Å². The van der Waals surface area contributed by atoms with Gasteiger partial charge in [-0.1, -0.05) is 61.8 Å². The number of nitrogens with one attached hydrogen (secondary N) is 4. The van der Waals surface area contributed by atoms with Crippen molar-refractivity contribution in [2.75, 3.05) is 10.6 Å². The van der Waals surface area contributed by atoms with Crippen molar-refractivity contribution in [2.45, 2.75) is 104 Å². The molecule has 2 amide bonds. The molecule has 1 fully saturated rings. The summed E-state index contributed by atoms with van der Waals surface area (Å²) in [6.07, 6.45) is -20.7. The Balaban J connectivity index is 0.000000232. The number of fused-ring (bicyclic) bond motifs is 2. The average molecular weight is 1240 g/mol. The number of H-pyrrole nitrogens is 2. The molecule has 6 N–H and O–H groups in total. The first-order valence-electron chi connectivity index (χ1n) is 22.1. The van der Waals surface area contributed by atoms with Gasteiger partial charge in [0.15, 0.2) is 10.3 Å². The summed E-state index contributed by atoms with van der Waals surface area (Å²) in [4.78, 5) is 42.6. The van der Waals surface area contributed by atoms with Gasteiger partial charge in [0.2, 0.25) is 0 Å². The number of aliphatic hydroxyl groups is 2. The van der Waals surface area contributed by atoms with Gasteiger partial charge in [0, 0.05) is 50.9 Å². The monoisotopic (exact) mass is 1240 g/mol. The number of alkyl halides is 12. The zero-order valence-corrected chi connectivity index (χ0v) is 43.8. The van der Waals surface area contributed by atoms with E-state index in [1.54, 1.807) is 36.7 Å². The van der Waals surface area contributed by atoms with Gasteiger partial charge < -0.3 is 19.5 Å². The van der Waals surface area contributed by atoms with Crippen LogP contribution in [0.1, 0.15) is 85.8 Å². The summed E-state index contributed by atoms with van der Waals surface area (Å²) in [7, 11) is -0.311. The van der Waals surface area contributed by atoms with Crippen molar-refractivity contribution in [1.82, 2.24) is 40.3 Å². The molecule has 0 unspecified atom stereocenters. The van der Waals surface area contributed by atoms with Crippen LogP contribution < -0.4 is 16.1 Å². The lowest BCUT2D eigenvalue weighted by Crippen LogP contribution is -2.53. The Hall–Kier alpha value is -6.58. The molecule has 8 aromatic rings. The predicted molar refractivity (Wildman–Crippen MR) is 278 cm³/mol. The van der Waals surface area contributed by atoms with E-state index < -0.39 is 58.8 Å². The second kappa shape index (κ2) is 23.1. The van der Waals surface area contributed by atoms with Crippen molar-refractivity contribution in [3.63, 3.8) is 0 Å². The number of nitrogens with zero attached hydrogens (tertiary/aromatic N) is 6. The van der Waals surface area contributed by atoms with Crippen LogP contribution >= 0.6 is 38.6 Å². The van der Waals surface area contributed by atoms with Crippen molar-refractivity contribution in [1.29, 1.82) is 0 Å². The van der Waals surface area contributed by atoms with Crippen LogP contribution in [-0.2, 0) is 20.5 Å². The second-order valence-corrected chi connectivity index (χ2v) is 20.7. The predicted octanol–water partition coefficient (Wildman–Crippen LogP) is 12.3. The molecule has 2 aromatic carbocycles. The van der Waals surface area contributed by atoms with Gasteiger partial charge >= 0.3 is 31.8 Å². The number of aryl methyl sites for hydroxylation is 2. The van der Waals surface area contributed by atoms with Crippen molar-refractivity contribution in [3.8, 4) is 11.3 Å². The maximum absolute atomic E-state index is 13.0. The van der Waals surface area contributed by atoms with Crippen molar-refractivity contribution < 1.29 is 81.8 Å². The Kier molecular flexibility index (Phi) is 18.6. The van der Waals surface area contributed by atoms with Crippen LogP contribution in [0.3, 0.4) is 0 Å². The van der Waals surface area contributed by atoms with Gasteiger partial charge in [0.1, 0.15) is 25.3 Å². The van der Waals surface area contributed by atoms with Gasteiger partial charge in [-0.2, -0.15) is 62.9 Å². The van der Waals surface area contributed by atoms with E-state index in [1.807, 2.05) is 41.5 Å². The average Bonchev–Trinajstić information content (AvgIpc) is 4.18. The van der Waals surface area contributed by atoms with Gasteiger partial charge in [0.25, 0.3) is 23.0 Å². The highest BCUT2D eigenvalue weighted by Gasteiger charge is 2.72. The van der Waals surface area contributed by atoms with Gasteiger partial charge in [-0.3, -0.25) is 30.4 Å². The van der Waals surface area contributed by atoms with E-state index in [-0.39, 0.29) is 54.6 Å². The van der Waals surface area contributed by atoms with E-state index in [2.05, 4.69) is 66.9 Å². The summed E-state index contributed by atoms with van der Waals surface area (Å²) in [5.74, 6) is -1.63. The molecule has 0 aliphatic carbocycles. The fourth-order valence-electron chi connectivity index (χ4n) is 7.09. The molecule has 0 atom stereocenters. The number of pyridine rings is 2. The number of aromatic nitrogens is 8. The Labute approximate surface area is 463 Å². The summed E-state index contributed by atoms with van der Waals surface area (Å²) in [6, 6.07) is 11.2. The fraction of sp³-hybridized carbons (Fsp3) is 0.333.